The van der Waals surface area contributed by atoms with Crippen LogP contribution in [0.2, 0.25) is 5.02 Å². The number of rotatable bonds is 0. The van der Waals surface area contributed by atoms with Crippen LogP contribution >= 0.6 is 22.9 Å². The van der Waals surface area contributed by atoms with Gasteiger partial charge in [-0.15, -0.1) is 11.3 Å². The molecule has 0 fully saturated rings. The minimum absolute atomic E-state index is 0.231. The zero-order valence-electron chi connectivity index (χ0n) is 3.32. The summed E-state index contributed by atoms with van der Waals surface area (Å²) in [6.07, 6.45) is 0. The Morgan fingerprint density at radius 3 is 2.57 bits per heavy atom. The molecule has 0 atom stereocenters. The number of halogens is 2. The highest BCUT2D eigenvalue weighted by Gasteiger charge is 1.90. The Hall–Kier alpha value is -0.0800. The first-order valence-corrected chi connectivity index (χ1v) is 2.94. The van der Waals surface area contributed by atoms with Gasteiger partial charge in [0.25, 0.3) is 0 Å². The molecule has 0 aliphatic heterocycles. The fourth-order valence-electron chi connectivity index (χ4n) is 0.289. The van der Waals surface area contributed by atoms with Crippen molar-refractivity contribution >= 4 is 22.9 Å². The Labute approximate surface area is 49.5 Å². The van der Waals surface area contributed by atoms with Crippen LogP contribution in [-0.2, 0) is 0 Å². The fraction of sp³-hybridized carbons (Fsp3) is 0. The molecule has 1 heterocycles. The Kier molecular flexibility index (Phi) is 1.30. The van der Waals surface area contributed by atoms with Crippen molar-refractivity contribution in [1.82, 2.24) is 0 Å². The molecule has 0 aromatic carbocycles. The Morgan fingerprint density at radius 1 is 1.71 bits per heavy atom. The van der Waals surface area contributed by atoms with Gasteiger partial charge in [0.15, 0.2) is 5.13 Å². The maximum Gasteiger partial charge on any atom is 0.177 e. The van der Waals surface area contributed by atoms with Crippen LogP contribution in [0, 0.1) is 5.13 Å². The maximum atomic E-state index is 11.9. The van der Waals surface area contributed by atoms with Gasteiger partial charge >= 0.3 is 0 Å². The second kappa shape index (κ2) is 1.80. The lowest BCUT2D eigenvalue weighted by Crippen LogP contribution is -1.47. The van der Waals surface area contributed by atoms with E-state index in [-0.39, 0.29) is 5.13 Å². The molecule has 0 saturated carbocycles. The van der Waals surface area contributed by atoms with Gasteiger partial charge in [-0.2, -0.15) is 4.39 Å². The summed E-state index contributed by atoms with van der Waals surface area (Å²) >= 11 is 6.34. The van der Waals surface area contributed by atoms with E-state index in [9.17, 15) is 4.39 Å². The Morgan fingerprint density at radius 2 is 2.43 bits per heavy atom. The summed E-state index contributed by atoms with van der Waals surface area (Å²) in [6.45, 7) is 0. The van der Waals surface area contributed by atoms with Crippen LogP contribution in [-0.4, -0.2) is 0 Å². The molecule has 1 aromatic heterocycles. The van der Waals surface area contributed by atoms with Crippen molar-refractivity contribution in [3.05, 3.63) is 21.6 Å². The van der Waals surface area contributed by atoms with E-state index in [2.05, 4.69) is 0 Å². The van der Waals surface area contributed by atoms with Gasteiger partial charge in [0.2, 0.25) is 0 Å². The molecule has 0 radical (unpaired) electrons. The third kappa shape index (κ3) is 1.14. The van der Waals surface area contributed by atoms with Crippen LogP contribution in [0.3, 0.4) is 0 Å². The largest absolute Gasteiger partial charge is 0.195 e. The van der Waals surface area contributed by atoms with Gasteiger partial charge in [-0.25, -0.2) is 0 Å². The molecule has 0 unspecified atom stereocenters. The van der Waals surface area contributed by atoms with Gasteiger partial charge in [0.05, 0.1) is 5.02 Å². The summed E-state index contributed by atoms with van der Waals surface area (Å²) in [5, 5.41) is 1.80. The minimum atomic E-state index is -0.231. The van der Waals surface area contributed by atoms with Crippen molar-refractivity contribution in [3.8, 4) is 0 Å². The van der Waals surface area contributed by atoms with Crippen molar-refractivity contribution in [2.75, 3.05) is 0 Å². The Bertz CT molecular complexity index is 144. The van der Waals surface area contributed by atoms with Crippen molar-refractivity contribution in [3.63, 3.8) is 0 Å². The van der Waals surface area contributed by atoms with Gasteiger partial charge in [0.1, 0.15) is 0 Å². The first kappa shape index (κ1) is 5.06. The van der Waals surface area contributed by atoms with Crippen molar-refractivity contribution in [1.29, 1.82) is 0 Å². The van der Waals surface area contributed by atoms with Gasteiger partial charge in [-0.3, -0.25) is 0 Å². The Balaban J connectivity index is 3.04. The van der Waals surface area contributed by atoms with Gasteiger partial charge < -0.3 is 0 Å². The zero-order valence-corrected chi connectivity index (χ0v) is 4.89. The lowest BCUT2D eigenvalue weighted by atomic mass is 10.7. The summed E-state index contributed by atoms with van der Waals surface area (Å²) in [5.74, 6) is 0. The molecule has 0 saturated heterocycles. The highest BCUT2D eigenvalue weighted by atomic mass is 35.5. The first-order chi connectivity index (χ1) is 3.29. The molecule has 0 nitrogen and oxygen atoms in total. The summed E-state index contributed by atoms with van der Waals surface area (Å²) in [6, 6.07) is 1.28. The molecule has 0 spiro atoms. The van der Waals surface area contributed by atoms with Crippen molar-refractivity contribution in [2.45, 2.75) is 0 Å². The van der Waals surface area contributed by atoms with Gasteiger partial charge in [-0.1, -0.05) is 11.6 Å². The molecule has 0 N–H and O–H groups in total. The van der Waals surface area contributed by atoms with Gasteiger partial charge in [-0.05, 0) is 0 Å². The van der Waals surface area contributed by atoms with Crippen LogP contribution < -0.4 is 0 Å². The van der Waals surface area contributed by atoms with Crippen LogP contribution in [0.5, 0.6) is 0 Å². The summed E-state index contributed by atoms with van der Waals surface area (Å²) in [7, 11) is 0. The first-order valence-electron chi connectivity index (χ1n) is 1.68. The second-order valence-electron chi connectivity index (χ2n) is 1.07. The highest BCUT2D eigenvalue weighted by molar-refractivity contribution is 7.08. The van der Waals surface area contributed by atoms with Crippen molar-refractivity contribution in [2.24, 2.45) is 0 Å². The average molecular weight is 137 g/mol. The molecule has 0 amide bonds. The average Bonchev–Trinajstić information content (AvgIpc) is 1.87. The van der Waals surface area contributed by atoms with E-state index in [4.69, 9.17) is 11.6 Å². The number of thiophene rings is 1. The predicted molar refractivity (Wildman–Crippen MR) is 29.3 cm³/mol. The molecule has 1 aromatic rings. The topological polar surface area (TPSA) is 0 Å². The van der Waals surface area contributed by atoms with Crippen LogP contribution in [0.15, 0.2) is 11.4 Å². The third-order valence-electron chi connectivity index (χ3n) is 0.535. The van der Waals surface area contributed by atoms with E-state index in [1.165, 1.54) is 6.07 Å². The molecule has 0 bridgehead atoms. The molecule has 0 aliphatic rings. The van der Waals surface area contributed by atoms with Crippen LogP contribution in [0.25, 0.3) is 0 Å². The maximum absolute atomic E-state index is 11.9. The fourth-order valence-corrected chi connectivity index (χ4v) is 1.07. The summed E-state index contributed by atoms with van der Waals surface area (Å²) in [4.78, 5) is 0. The number of hydrogen-bond donors (Lipinski definition) is 0. The molecular formula is C4H2ClFS. The molecule has 7 heavy (non-hydrogen) atoms. The minimum Gasteiger partial charge on any atom is -0.195 e. The molecule has 38 valence electrons. The molecule has 1 rings (SSSR count). The molecule has 0 aliphatic carbocycles. The van der Waals surface area contributed by atoms with E-state index in [0.29, 0.717) is 5.02 Å². The van der Waals surface area contributed by atoms with E-state index in [1.54, 1.807) is 5.38 Å². The van der Waals surface area contributed by atoms with Crippen LogP contribution in [0.1, 0.15) is 0 Å². The van der Waals surface area contributed by atoms with Crippen LogP contribution in [0.4, 0.5) is 4.39 Å². The van der Waals surface area contributed by atoms with E-state index < -0.39 is 0 Å². The van der Waals surface area contributed by atoms with E-state index in [0.717, 1.165) is 11.3 Å². The molecule has 3 heteroatoms. The third-order valence-corrected chi connectivity index (χ3v) is 1.60. The monoisotopic (exact) mass is 136 g/mol. The van der Waals surface area contributed by atoms with Crippen molar-refractivity contribution < 1.29 is 4.39 Å². The second-order valence-corrected chi connectivity index (χ2v) is 2.37. The SMILES string of the molecule is Fc1cc(Cl)cs1. The standard InChI is InChI=1S/C4H2ClFS/c5-3-1-4(6)7-2-3/h1-2H. The highest BCUT2D eigenvalue weighted by Crippen LogP contribution is 2.16. The molecular weight excluding hydrogens is 135 g/mol. The van der Waals surface area contributed by atoms with Gasteiger partial charge in [0, 0.05) is 11.4 Å². The zero-order chi connectivity index (χ0) is 5.28. The number of hydrogen-bond acceptors (Lipinski definition) is 1. The summed E-state index contributed by atoms with van der Waals surface area (Å²) < 4.78 is 11.9. The van der Waals surface area contributed by atoms with E-state index >= 15 is 0 Å². The normalized spacial score (nSPS) is 9.43. The van der Waals surface area contributed by atoms with E-state index in [1.807, 2.05) is 0 Å². The summed E-state index contributed by atoms with van der Waals surface area (Å²) in [5.41, 5.74) is 0. The lowest BCUT2D eigenvalue weighted by molar-refractivity contribution is 0.657. The smallest absolute Gasteiger partial charge is 0.177 e. The predicted octanol–water partition coefficient (Wildman–Crippen LogP) is 2.54. The lowest BCUT2D eigenvalue weighted by Gasteiger charge is -1.64. The quantitative estimate of drug-likeness (QED) is 0.514.